The van der Waals surface area contributed by atoms with Crippen molar-refractivity contribution in [3.8, 4) is 5.75 Å². The molecule has 0 saturated heterocycles. The van der Waals surface area contributed by atoms with Gasteiger partial charge in [0.25, 0.3) is 5.91 Å². The highest BCUT2D eigenvalue weighted by atomic mass is 32.1. The van der Waals surface area contributed by atoms with Crippen LogP contribution in [0.4, 0.5) is 17.1 Å². The zero-order valence-electron chi connectivity index (χ0n) is 18.3. The molecule has 8 heteroatoms. The molecule has 0 saturated carbocycles. The lowest BCUT2D eigenvalue weighted by molar-refractivity contribution is -0.385. The Balaban J connectivity index is 1.66. The lowest BCUT2D eigenvalue weighted by atomic mass is 10.1. The van der Waals surface area contributed by atoms with Crippen LogP contribution in [0.2, 0.25) is 0 Å². The second-order valence-electron chi connectivity index (χ2n) is 7.33. The summed E-state index contributed by atoms with van der Waals surface area (Å²) in [6.07, 6.45) is 0. The number of ether oxygens (including phenoxy) is 1. The molecule has 1 N–H and O–H groups in total. The first-order valence-electron chi connectivity index (χ1n) is 10.6. The Hall–Kier alpha value is -4.30. The standard InChI is InChI=1S/C26H21N3O4S/c1-2-33-24-15-13-20(17-23(24)29(31)32)25(30)27-26(34)28(21-10-4-3-5-11-21)22-14-12-18-8-6-7-9-19(18)16-22/h3-17H,2H2,1H3,(H,27,30,34). The summed E-state index contributed by atoms with van der Waals surface area (Å²) < 4.78 is 5.30. The SMILES string of the molecule is CCOc1ccc(C(=O)NC(=S)N(c2ccccc2)c2ccc3ccccc3c2)cc1[N+](=O)[O-]. The minimum atomic E-state index is -0.578. The van der Waals surface area contributed by atoms with Crippen LogP contribution in [-0.2, 0) is 0 Å². The highest BCUT2D eigenvalue weighted by Gasteiger charge is 2.22. The van der Waals surface area contributed by atoms with Gasteiger partial charge < -0.3 is 4.74 Å². The fraction of sp³-hybridized carbons (Fsp3) is 0.0769. The third-order valence-electron chi connectivity index (χ3n) is 5.15. The van der Waals surface area contributed by atoms with Crippen LogP contribution in [0.3, 0.4) is 0 Å². The van der Waals surface area contributed by atoms with Gasteiger partial charge in [-0.05, 0) is 66.3 Å². The number of nitrogens with zero attached hydrogens (tertiary/aromatic N) is 2. The molecule has 0 aliphatic heterocycles. The highest BCUT2D eigenvalue weighted by Crippen LogP contribution is 2.30. The molecule has 1 amide bonds. The van der Waals surface area contributed by atoms with E-state index < -0.39 is 10.8 Å². The highest BCUT2D eigenvalue weighted by molar-refractivity contribution is 7.80. The van der Waals surface area contributed by atoms with Crippen LogP contribution in [0, 0.1) is 10.1 Å². The second-order valence-corrected chi connectivity index (χ2v) is 7.72. The number of rotatable bonds is 6. The first kappa shape index (κ1) is 22.9. The Morgan fingerprint density at radius 1 is 0.941 bits per heavy atom. The smallest absolute Gasteiger partial charge is 0.311 e. The molecule has 0 aliphatic rings. The van der Waals surface area contributed by atoms with Crippen molar-refractivity contribution < 1.29 is 14.5 Å². The molecule has 0 bridgehead atoms. The summed E-state index contributed by atoms with van der Waals surface area (Å²) in [6, 6.07) is 27.3. The lowest BCUT2D eigenvalue weighted by Gasteiger charge is -2.26. The fourth-order valence-corrected chi connectivity index (χ4v) is 3.88. The molecule has 0 radical (unpaired) electrons. The van der Waals surface area contributed by atoms with E-state index in [2.05, 4.69) is 5.32 Å². The molecule has 0 fully saturated rings. The van der Waals surface area contributed by atoms with Gasteiger partial charge in [-0.15, -0.1) is 0 Å². The predicted octanol–water partition coefficient (Wildman–Crippen LogP) is 6.00. The van der Waals surface area contributed by atoms with E-state index in [1.165, 1.54) is 18.2 Å². The number of hydrogen-bond acceptors (Lipinski definition) is 5. The van der Waals surface area contributed by atoms with E-state index in [4.69, 9.17) is 17.0 Å². The van der Waals surface area contributed by atoms with Gasteiger partial charge in [-0.1, -0.05) is 48.5 Å². The largest absolute Gasteiger partial charge is 0.487 e. The number of para-hydroxylation sites is 1. The van der Waals surface area contributed by atoms with Crippen molar-refractivity contribution in [2.24, 2.45) is 0 Å². The van der Waals surface area contributed by atoms with Crippen molar-refractivity contribution >= 4 is 51.1 Å². The van der Waals surface area contributed by atoms with Crippen molar-refractivity contribution in [3.05, 3.63) is 107 Å². The number of nitro benzene ring substituents is 1. The normalized spacial score (nSPS) is 10.5. The summed E-state index contributed by atoms with van der Waals surface area (Å²) in [4.78, 5) is 25.6. The molecule has 4 rings (SSSR count). The number of hydrogen-bond donors (Lipinski definition) is 1. The van der Waals surface area contributed by atoms with Gasteiger partial charge in [0.2, 0.25) is 0 Å². The maximum absolute atomic E-state index is 13.0. The number of anilines is 2. The van der Waals surface area contributed by atoms with Crippen molar-refractivity contribution in [2.75, 3.05) is 11.5 Å². The maximum Gasteiger partial charge on any atom is 0.311 e. The van der Waals surface area contributed by atoms with Crippen molar-refractivity contribution in [1.29, 1.82) is 0 Å². The summed E-state index contributed by atoms with van der Waals surface area (Å²) in [5.41, 5.74) is 1.35. The second kappa shape index (κ2) is 10.1. The molecule has 170 valence electrons. The van der Waals surface area contributed by atoms with Gasteiger partial charge in [-0.2, -0.15) is 0 Å². The van der Waals surface area contributed by atoms with Crippen LogP contribution in [-0.4, -0.2) is 22.5 Å². The predicted molar refractivity (Wildman–Crippen MR) is 137 cm³/mol. The summed E-state index contributed by atoms with van der Waals surface area (Å²) >= 11 is 5.63. The topological polar surface area (TPSA) is 84.7 Å². The minimum Gasteiger partial charge on any atom is -0.487 e. The zero-order valence-corrected chi connectivity index (χ0v) is 19.1. The number of carbonyl (C=O) groups is 1. The average Bonchev–Trinajstić information content (AvgIpc) is 2.85. The molecule has 0 aliphatic carbocycles. The number of amides is 1. The maximum atomic E-state index is 13.0. The minimum absolute atomic E-state index is 0.101. The third kappa shape index (κ3) is 4.87. The van der Waals surface area contributed by atoms with Crippen molar-refractivity contribution in [3.63, 3.8) is 0 Å². The Bertz CT molecular complexity index is 1380. The van der Waals surface area contributed by atoms with Gasteiger partial charge in [0.15, 0.2) is 10.9 Å². The Morgan fingerprint density at radius 2 is 1.65 bits per heavy atom. The van der Waals surface area contributed by atoms with Crippen molar-refractivity contribution in [2.45, 2.75) is 6.92 Å². The van der Waals surface area contributed by atoms with E-state index >= 15 is 0 Å². The average molecular weight is 472 g/mol. The Kier molecular flexibility index (Phi) is 6.79. The lowest BCUT2D eigenvalue weighted by Crippen LogP contribution is -2.40. The van der Waals surface area contributed by atoms with Gasteiger partial charge in [-0.25, -0.2) is 0 Å². The van der Waals surface area contributed by atoms with Gasteiger partial charge in [0.05, 0.1) is 11.5 Å². The number of fused-ring (bicyclic) bond motifs is 1. The monoisotopic (exact) mass is 471 g/mol. The van der Waals surface area contributed by atoms with Crippen molar-refractivity contribution in [1.82, 2.24) is 5.32 Å². The van der Waals surface area contributed by atoms with Gasteiger partial charge in [0.1, 0.15) is 0 Å². The number of carbonyl (C=O) groups excluding carboxylic acids is 1. The molecular weight excluding hydrogens is 450 g/mol. The van der Waals surface area contributed by atoms with Crippen LogP contribution in [0.25, 0.3) is 10.8 Å². The summed E-state index contributed by atoms with van der Waals surface area (Å²) in [5, 5.41) is 16.4. The third-order valence-corrected chi connectivity index (χ3v) is 5.43. The summed E-state index contributed by atoms with van der Waals surface area (Å²) in [6.45, 7) is 2.00. The molecule has 4 aromatic carbocycles. The Labute approximate surface area is 201 Å². The van der Waals surface area contributed by atoms with Gasteiger partial charge >= 0.3 is 5.69 Å². The molecule has 0 aromatic heterocycles. The van der Waals surface area contributed by atoms with E-state index in [1.54, 1.807) is 11.8 Å². The number of thiocarbonyl (C=S) groups is 1. The van der Waals surface area contributed by atoms with Crippen LogP contribution in [0.5, 0.6) is 5.75 Å². The molecule has 34 heavy (non-hydrogen) atoms. The van der Waals surface area contributed by atoms with E-state index in [0.717, 1.165) is 22.1 Å². The summed E-state index contributed by atoms with van der Waals surface area (Å²) in [7, 11) is 0. The zero-order chi connectivity index (χ0) is 24.1. The Morgan fingerprint density at radius 3 is 2.35 bits per heavy atom. The molecule has 7 nitrogen and oxygen atoms in total. The summed E-state index contributed by atoms with van der Waals surface area (Å²) in [5.74, 6) is -0.452. The molecular formula is C26H21N3O4S. The first-order chi connectivity index (χ1) is 16.5. The van der Waals surface area contributed by atoms with E-state index in [-0.39, 0.29) is 28.7 Å². The molecule has 0 atom stereocenters. The van der Waals surface area contributed by atoms with Crippen LogP contribution in [0.15, 0.2) is 91.0 Å². The quantitative estimate of drug-likeness (QED) is 0.211. The molecule has 0 heterocycles. The van der Waals surface area contributed by atoms with E-state index in [9.17, 15) is 14.9 Å². The van der Waals surface area contributed by atoms with Gasteiger partial charge in [-0.3, -0.25) is 25.1 Å². The number of nitrogens with one attached hydrogen (secondary N) is 1. The first-order valence-corrected chi connectivity index (χ1v) is 11.0. The van der Waals surface area contributed by atoms with E-state index in [0.29, 0.717) is 0 Å². The van der Waals surface area contributed by atoms with Crippen LogP contribution in [0.1, 0.15) is 17.3 Å². The van der Waals surface area contributed by atoms with Crippen LogP contribution < -0.4 is 15.0 Å². The molecule has 0 unspecified atom stereocenters. The number of benzene rings is 4. The van der Waals surface area contributed by atoms with Gasteiger partial charge in [0, 0.05) is 23.0 Å². The fourth-order valence-electron chi connectivity index (χ4n) is 3.58. The van der Waals surface area contributed by atoms with E-state index in [1.807, 2.05) is 72.8 Å². The molecule has 0 spiro atoms. The molecule has 4 aromatic rings. The van der Waals surface area contributed by atoms with Crippen LogP contribution >= 0.6 is 12.2 Å². The number of nitro groups is 1.